The van der Waals surface area contributed by atoms with Crippen molar-refractivity contribution in [1.29, 1.82) is 0 Å². The number of nitrogens with zero attached hydrogens (tertiary/aromatic N) is 1. The first-order valence-electron chi connectivity index (χ1n) is 8.59. The lowest BCUT2D eigenvalue weighted by Crippen LogP contribution is -2.40. The number of hydrogen-bond acceptors (Lipinski definition) is 3. The van der Waals surface area contributed by atoms with E-state index >= 15 is 0 Å². The molecular weight excluding hydrogens is 308 g/mol. The maximum Gasteiger partial charge on any atom is 0.215 e. The number of hydrogen-bond donors (Lipinski definition) is 1. The molecule has 1 fully saturated rings. The van der Waals surface area contributed by atoms with Crippen molar-refractivity contribution in [2.24, 2.45) is 11.8 Å². The van der Waals surface area contributed by atoms with Crippen LogP contribution in [0, 0.1) is 18.8 Å². The van der Waals surface area contributed by atoms with Crippen LogP contribution >= 0.6 is 0 Å². The molecule has 1 heterocycles. The fourth-order valence-corrected chi connectivity index (χ4v) is 4.75. The number of aryl methyl sites for hydroxylation is 1. The van der Waals surface area contributed by atoms with E-state index in [1.807, 2.05) is 31.2 Å². The quantitative estimate of drug-likeness (QED) is 0.778. The van der Waals surface area contributed by atoms with Gasteiger partial charge in [0.15, 0.2) is 0 Å². The molecule has 1 aromatic carbocycles. The molecule has 23 heavy (non-hydrogen) atoms. The first-order chi connectivity index (χ1) is 10.8. The lowest BCUT2D eigenvalue weighted by molar-refractivity contribution is 0.140. The second kappa shape index (κ2) is 8.27. The topological polar surface area (TPSA) is 49.4 Å². The van der Waals surface area contributed by atoms with Crippen LogP contribution in [-0.4, -0.2) is 39.5 Å². The largest absolute Gasteiger partial charge is 0.303 e. The van der Waals surface area contributed by atoms with Crippen molar-refractivity contribution in [3.63, 3.8) is 0 Å². The highest BCUT2D eigenvalue weighted by atomic mass is 32.2. The number of benzene rings is 1. The third-order valence-corrected chi connectivity index (χ3v) is 5.71. The molecule has 0 amide bonds. The molecule has 0 unspecified atom stereocenters. The van der Waals surface area contributed by atoms with Gasteiger partial charge in [0.1, 0.15) is 0 Å². The molecule has 0 spiro atoms. The Morgan fingerprint density at radius 3 is 2.57 bits per heavy atom. The van der Waals surface area contributed by atoms with Gasteiger partial charge in [-0.3, -0.25) is 0 Å². The predicted octanol–water partition coefficient (Wildman–Crippen LogP) is 2.78. The standard InChI is InChI=1S/C18H30N2O2S/c1-15-6-4-7-18(11-15)14-23(21,22)19-8-5-9-20-12-16(2)10-17(3)13-20/h4,6-7,11,16-17,19H,5,8-10,12-14H2,1-3H3/t16-,17+. The molecule has 1 aliphatic rings. The maximum absolute atomic E-state index is 12.1. The third-order valence-electron chi connectivity index (χ3n) is 4.36. The van der Waals surface area contributed by atoms with E-state index in [1.54, 1.807) is 0 Å². The zero-order valence-corrected chi connectivity index (χ0v) is 15.4. The average molecular weight is 339 g/mol. The van der Waals surface area contributed by atoms with Crippen molar-refractivity contribution < 1.29 is 8.42 Å². The summed E-state index contributed by atoms with van der Waals surface area (Å²) < 4.78 is 27.0. The van der Waals surface area contributed by atoms with Crippen LogP contribution in [0.1, 0.15) is 37.8 Å². The van der Waals surface area contributed by atoms with Gasteiger partial charge in [-0.25, -0.2) is 13.1 Å². The Labute approximate surface area is 141 Å². The minimum Gasteiger partial charge on any atom is -0.303 e. The van der Waals surface area contributed by atoms with E-state index in [0.29, 0.717) is 6.54 Å². The molecular formula is C18H30N2O2S. The highest BCUT2D eigenvalue weighted by Gasteiger charge is 2.21. The molecule has 0 radical (unpaired) electrons. The first kappa shape index (κ1) is 18.4. The molecule has 0 aromatic heterocycles. The lowest BCUT2D eigenvalue weighted by Gasteiger charge is -2.34. The van der Waals surface area contributed by atoms with Crippen LogP contribution in [0.25, 0.3) is 0 Å². The Morgan fingerprint density at radius 1 is 1.22 bits per heavy atom. The predicted molar refractivity (Wildman–Crippen MR) is 95.8 cm³/mol. The van der Waals surface area contributed by atoms with E-state index in [9.17, 15) is 8.42 Å². The Balaban J connectivity index is 1.72. The summed E-state index contributed by atoms with van der Waals surface area (Å²) in [4.78, 5) is 2.47. The summed E-state index contributed by atoms with van der Waals surface area (Å²) in [6.07, 6.45) is 2.17. The third kappa shape index (κ3) is 6.61. The molecule has 5 heteroatoms. The van der Waals surface area contributed by atoms with Crippen molar-refractivity contribution in [3.8, 4) is 0 Å². The normalized spacial score (nSPS) is 23.1. The Bertz CT molecular complexity index is 591. The number of sulfonamides is 1. The SMILES string of the molecule is Cc1cccc(CS(=O)(=O)NCCCN2C[C@H](C)C[C@H](C)C2)c1. The molecule has 1 N–H and O–H groups in total. The van der Waals surface area contributed by atoms with E-state index < -0.39 is 10.0 Å². The zero-order chi connectivity index (χ0) is 16.9. The summed E-state index contributed by atoms with van der Waals surface area (Å²) in [6.45, 7) is 10.3. The van der Waals surface area contributed by atoms with Gasteiger partial charge in [0.05, 0.1) is 5.75 Å². The number of piperidine rings is 1. The van der Waals surface area contributed by atoms with Gasteiger partial charge in [-0.15, -0.1) is 0 Å². The van der Waals surface area contributed by atoms with Crippen LogP contribution < -0.4 is 4.72 Å². The Kier molecular flexibility index (Phi) is 6.62. The molecule has 0 bridgehead atoms. The second-order valence-electron chi connectivity index (χ2n) is 7.20. The van der Waals surface area contributed by atoms with Crippen LogP contribution in [0.15, 0.2) is 24.3 Å². The van der Waals surface area contributed by atoms with Gasteiger partial charge in [-0.2, -0.15) is 0 Å². The lowest BCUT2D eigenvalue weighted by atomic mass is 9.92. The van der Waals surface area contributed by atoms with Gasteiger partial charge < -0.3 is 4.90 Å². The summed E-state index contributed by atoms with van der Waals surface area (Å²) in [7, 11) is -3.24. The van der Waals surface area contributed by atoms with Crippen molar-refractivity contribution in [3.05, 3.63) is 35.4 Å². The van der Waals surface area contributed by atoms with Gasteiger partial charge >= 0.3 is 0 Å². The molecule has 130 valence electrons. The number of likely N-dealkylation sites (tertiary alicyclic amines) is 1. The van der Waals surface area contributed by atoms with Crippen molar-refractivity contribution in [1.82, 2.24) is 9.62 Å². The van der Waals surface area contributed by atoms with E-state index in [0.717, 1.165) is 49.0 Å². The van der Waals surface area contributed by atoms with Crippen LogP contribution in [0.4, 0.5) is 0 Å². The summed E-state index contributed by atoms with van der Waals surface area (Å²) in [6, 6.07) is 7.67. The van der Waals surface area contributed by atoms with Gasteiger partial charge in [0.25, 0.3) is 0 Å². The van der Waals surface area contributed by atoms with Crippen LogP contribution in [-0.2, 0) is 15.8 Å². The van der Waals surface area contributed by atoms with E-state index in [-0.39, 0.29) is 5.75 Å². The fourth-order valence-electron chi connectivity index (χ4n) is 3.58. The van der Waals surface area contributed by atoms with Crippen molar-refractivity contribution in [2.75, 3.05) is 26.2 Å². The summed E-state index contributed by atoms with van der Waals surface area (Å²) >= 11 is 0. The molecule has 0 aliphatic carbocycles. The molecule has 1 aromatic rings. The number of rotatable bonds is 7. The van der Waals surface area contributed by atoms with Crippen molar-refractivity contribution in [2.45, 2.75) is 39.4 Å². The van der Waals surface area contributed by atoms with Crippen LogP contribution in [0.5, 0.6) is 0 Å². The summed E-state index contributed by atoms with van der Waals surface area (Å²) in [5, 5.41) is 0. The minimum absolute atomic E-state index is 0.0620. The highest BCUT2D eigenvalue weighted by molar-refractivity contribution is 7.88. The molecule has 0 saturated carbocycles. The second-order valence-corrected chi connectivity index (χ2v) is 9.01. The molecule has 1 saturated heterocycles. The Hall–Kier alpha value is -0.910. The molecule has 2 rings (SSSR count). The number of nitrogens with one attached hydrogen (secondary N) is 1. The highest BCUT2D eigenvalue weighted by Crippen LogP contribution is 2.20. The smallest absolute Gasteiger partial charge is 0.215 e. The van der Waals surface area contributed by atoms with Gasteiger partial charge in [0, 0.05) is 19.6 Å². The average Bonchev–Trinajstić information content (AvgIpc) is 2.42. The Morgan fingerprint density at radius 2 is 1.91 bits per heavy atom. The van der Waals surface area contributed by atoms with Gasteiger partial charge in [-0.05, 0) is 43.7 Å². The van der Waals surface area contributed by atoms with Gasteiger partial charge in [-0.1, -0.05) is 43.7 Å². The van der Waals surface area contributed by atoms with Crippen molar-refractivity contribution >= 4 is 10.0 Å². The van der Waals surface area contributed by atoms with E-state index in [1.165, 1.54) is 6.42 Å². The summed E-state index contributed by atoms with van der Waals surface area (Å²) in [5.74, 6) is 1.56. The minimum atomic E-state index is -3.24. The van der Waals surface area contributed by atoms with Crippen LogP contribution in [0.3, 0.4) is 0 Å². The molecule has 2 atom stereocenters. The molecule has 4 nitrogen and oxygen atoms in total. The van der Waals surface area contributed by atoms with E-state index in [4.69, 9.17) is 0 Å². The zero-order valence-electron chi connectivity index (χ0n) is 14.6. The van der Waals surface area contributed by atoms with Gasteiger partial charge in [0.2, 0.25) is 10.0 Å². The van der Waals surface area contributed by atoms with Crippen LogP contribution in [0.2, 0.25) is 0 Å². The molecule has 1 aliphatic heterocycles. The van der Waals surface area contributed by atoms with E-state index in [2.05, 4.69) is 23.5 Å². The maximum atomic E-state index is 12.1. The first-order valence-corrected chi connectivity index (χ1v) is 10.2. The monoisotopic (exact) mass is 338 g/mol. The fraction of sp³-hybridized carbons (Fsp3) is 0.667. The summed E-state index contributed by atoms with van der Waals surface area (Å²) in [5.41, 5.74) is 1.93.